The van der Waals surface area contributed by atoms with Crippen LogP contribution in [-0.2, 0) is 47.9 Å². The zero-order valence-electron chi connectivity index (χ0n) is 46.7. The second kappa shape index (κ2) is 30.7. The first-order valence-electron chi connectivity index (χ1n) is 26.9. The number of ether oxygens (including phenoxy) is 2. The molecule has 0 radical (unpaired) electrons. The van der Waals surface area contributed by atoms with E-state index in [9.17, 15) is 47.9 Å². The molecule has 0 heterocycles. The molecule has 3 N–H and O–H groups in total. The van der Waals surface area contributed by atoms with Gasteiger partial charge in [-0.3, -0.25) is 28.8 Å². The van der Waals surface area contributed by atoms with Crippen molar-refractivity contribution in [2.45, 2.75) is 123 Å². The van der Waals surface area contributed by atoms with Crippen LogP contribution in [0.3, 0.4) is 0 Å². The summed E-state index contributed by atoms with van der Waals surface area (Å²) in [6.07, 6.45) is -1.61. The summed E-state index contributed by atoms with van der Waals surface area (Å²) in [5, 5.41) is 9.75. The quantitative estimate of drug-likeness (QED) is 0.0379. The lowest BCUT2D eigenvalue weighted by Gasteiger charge is -2.26. The molecule has 80 heavy (non-hydrogen) atoms. The standard InChI is InChI=1S/C60H74N6O14/c1-40(67)64(7)35-19-26-45(53(70)33-18-34-61-58(75)78-60(4,5)6)38-54(71)51(31-20-36-65(41(2)68)79-56(73)43-22-10-8-11-23-43)62-55(72)52(32-21-37-66(42(3)69)80-57(74)44-24-12-9-13-25-44)63-59(76)77-39-50-48-29-16-14-27-46(48)47-28-15-17-30-49(47)50/h8-17,22-25,27-30,45,50-52H,18-21,26,31-39H2,1-7H3,(H,61,75)(H,62,72)(H,63,76)/t45-,51+,52+/m1/s1. The van der Waals surface area contributed by atoms with Gasteiger partial charge in [0, 0.05) is 65.6 Å². The summed E-state index contributed by atoms with van der Waals surface area (Å²) >= 11 is 0. The normalized spacial score (nSPS) is 12.7. The predicted molar refractivity (Wildman–Crippen MR) is 295 cm³/mol. The number of amides is 6. The van der Waals surface area contributed by atoms with Gasteiger partial charge in [0.05, 0.1) is 30.3 Å². The van der Waals surface area contributed by atoms with E-state index in [0.29, 0.717) is 6.42 Å². The Morgan fingerprint density at radius 1 is 0.550 bits per heavy atom. The van der Waals surface area contributed by atoms with Crippen LogP contribution < -0.4 is 16.0 Å². The van der Waals surface area contributed by atoms with Crippen molar-refractivity contribution in [3.05, 3.63) is 131 Å². The fourth-order valence-corrected chi connectivity index (χ4v) is 8.97. The molecule has 1 aliphatic rings. The van der Waals surface area contributed by atoms with Crippen LogP contribution in [0.5, 0.6) is 0 Å². The summed E-state index contributed by atoms with van der Waals surface area (Å²) in [7, 11) is 1.61. The first-order chi connectivity index (χ1) is 38.1. The molecule has 4 aromatic rings. The van der Waals surface area contributed by atoms with E-state index in [1.165, 1.54) is 49.9 Å². The van der Waals surface area contributed by atoms with Crippen LogP contribution >= 0.6 is 0 Å². The summed E-state index contributed by atoms with van der Waals surface area (Å²) in [6.45, 7) is 8.83. The molecule has 428 valence electrons. The number of benzene rings is 4. The van der Waals surface area contributed by atoms with Gasteiger partial charge in [-0.15, -0.1) is 0 Å². The largest absolute Gasteiger partial charge is 0.449 e. The second-order valence-corrected chi connectivity index (χ2v) is 20.5. The number of nitrogens with zero attached hydrogens (tertiary/aromatic N) is 3. The van der Waals surface area contributed by atoms with Crippen LogP contribution in [0.2, 0.25) is 0 Å². The molecule has 6 amide bonds. The maximum Gasteiger partial charge on any atom is 0.407 e. The van der Waals surface area contributed by atoms with Crippen LogP contribution in [-0.4, -0.2) is 132 Å². The van der Waals surface area contributed by atoms with Gasteiger partial charge >= 0.3 is 24.1 Å². The van der Waals surface area contributed by atoms with E-state index >= 15 is 0 Å². The number of hydroxylamine groups is 4. The molecule has 3 atom stereocenters. The zero-order chi connectivity index (χ0) is 58.4. The lowest BCUT2D eigenvalue weighted by Crippen LogP contribution is -2.52. The van der Waals surface area contributed by atoms with Gasteiger partial charge in [-0.2, -0.15) is 10.1 Å². The highest BCUT2D eigenvalue weighted by molar-refractivity contribution is 5.95. The lowest BCUT2D eigenvalue weighted by molar-refractivity contribution is -0.165. The van der Waals surface area contributed by atoms with Crippen LogP contribution in [0.1, 0.15) is 137 Å². The summed E-state index contributed by atoms with van der Waals surface area (Å²) < 4.78 is 11.1. The van der Waals surface area contributed by atoms with Crippen molar-refractivity contribution in [1.29, 1.82) is 0 Å². The third-order valence-electron chi connectivity index (χ3n) is 13.2. The third kappa shape index (κ3) is 19.8. The molecule has 4 aromatic carbocycles. The Morgan fingerprint density at radius 2 is 1.04 bits per heavy atom. The highest BCUT2D eigenvalue weighted by Crippen LogP contribution is 2.44. The van der Waals surface area contributed by atoms with E-state index < -0.39 is 71.2 Å². The zero-order valence-corrected chi connectivity index (χ0v) is 46.7. The fraction of sp³-hybridized carbons (Fsp3) is 0.433. The van der Waals surface area contributed by atoms with Crippen molar-refractivity contribution < 1.29 is 67.1 Å². The second-order valence-electron chi connectivity index (χ2n) is 20.5. The number of ketones is 2. The van der Waals surface area contributed by atoms with Crippen molar-refractivity contribution >= 4 is 59.3 Å². The minimum absolute atomic E-state index is 0.0124. The van der Waals surface area contributed by atoms with Crippen LogP contribution in [0.25, 0.3) is 11.1 Å². The number of hydrogen-bond acceptors (Lipinski definition) is 14. The summed E-state index contributed by atoms with van der Waals surface area (Å²) in [5.74, 6) is -5.97. The van der Waals surface area contributed by atoms with Crippen LogP contribution in [0.4, 0.5) is 9.59 Å². The Balaban J connectivity index is 1.40. The van der Waals surface area contributed by atoms with Crippen LogP contribution in [0.15, 0.2) is 109 Å². The predicted octanol–water partition coefficient (Wildman–Crippen LogP) is 7.89. The van der Waals surface area contributed by atoms with E-state index in [1.807, 2.05) is 48.5 Å². The molecule has 20 nitrogen and oxygen atoms in total. The summed E-state index contributed by atoms with van der Waals surface area (Å²) in [6, 6.07) is 28.7. The van der Waals surface area contributed by atoms with Crippen LogP contribution in [0, 0.1) is 5.92 Å². The topological polar surface area (TPSA) is 253 Å². The highest BCUT2D eigenvalue weighted by Gasteiger charge is 2.33. The molecule has 0 bridgehead atoms. The van der Waals surface area contributed by atoms with Gasteiger partial charge in [0.1, 0.15) is 24.0 Å². The van der Waals surface area contributed by atoms with Crippen molar-refractivity contribution in [2.24, 2.45) is 5.92 Å². The molecule has 20 heteroatoms. The van der Waals surface area contributed by atoms with E-state index in [-0.39, 0.29) is 113 Å². The average Bonchev–Trinajstić information content (AvgIpc) is 3.91. The molecule has 0 unspecified atom stereocenters. The van der Waals surface area contributed by atoms with E-state index in [1.54, 1.807) is 64.2 Å². The Labute approximate surface area is 467 Å². The summed E-state index contributed by atoms with van der Waals surface area (Å²) in [5.41, 5.74) is 3.52. The van der Waals surface area contributed by atoms with Gasteiger partial charge in [-0.05, 0) is 112 Å². The minimum Gasteiger partial charge on any atom is -0.449 e. The molecule has 0 spiro atoms. The van der Waals surface area contributed by atoms with E-state index in [0.717, 1.165) is 32.4 Å². The lowest BCUT2D eigenvalue weighted by atomic mass is 9.87. The number of carbonyl (C=O) groups excluding carboxylic acids is 10. The molecule has 0 saturated heterocycles. The third-order valence-corrected chi connectivity index (χ3v) is 13.2. The molecular weight excluding hydrogens is 1030 g/mol. The Bertz CT molecular complexity index is 2760. The number of fused-ring (bicyclic) bond motifs is 3. The number of carbonyl (C=O) groups is 10. The Hall–Kier alpha value is -8.42. The van der Waals surface area contributed by atoms with Gasteiger partial charge < -0.3 is 40.0 Å². The molecule has 1 aliphatic carbocycles. The average molecular weight is 1100 g/mol. The van der Waals surface area contributed by atoms with Gasteiger partial charge in [0.25, 0.3) is 11.8 Å². The smallest absolute Gasteiger partial charge is 0.407 e. The first kappa shape index (κ1) is 62.4. The molecule has 0 aromatic heterocycles. The minimum atomic E-state index is -1.42. The Kier molecular flexibility index (Phi) is 23.9. The number of alkyl carbamates (subject to hydrolysis) is 2. The maximum atomic E-state index is 14.7. The maximum absolute atomic E-state index is 14.7. The molecule has 0 fully saturated rings. The van der Waals surface area contributed by atoms with Crippen molar-refractivity contribution in [3.8, 4) is 11.1 Å². The van der Waals surface area contributed by atoms with Crippen molar-refractivity contribution in [1.82, 2.24) is 31.0 Å². The number of nitrogens with one attached hydrogen (secondary N) is 3. The van der Waals surface area contributed by atoms with Gasteiger partial charge in [0.15, 0.2) is 5.78 Å². The van der Waals surface area contributed by atoms with E-state index in [4.69, 9.17) is 19.1 Å². The van der Waals surface area contributed by atoms with Gasteiger partial charge in [0.2, 0.25) is 11.8 Å². The number of hydrogen-bond donors (Lipinski definition) is 3. The Morgan fingerprint density at radius 3 is 1.54 bits per heavy atom. The van der Waals surface area contributed by atoms with Gasteiger partial charge in [-0.1, -0.05) is 84.9 Å². The molecule has 0 saturated carbocycles. The molecule has 0 aliphatic heterocycles. The SMILES string of the molecule is CC(=O)N(C)CCC[C@H](CC(=O)[C@H](CCCN(OC(=O)c1ccccc1)C(C)=O)NC(=O)[C@H](CCCN(OC(=O)c1ccccc1)C(C)=O)NC(=O)OCC1c2ccccc2-c2ccccc21)C(=O)CCCNC(=O)OC(C)(C)C. The van der Waals surface area contributed by atoms with Gasteiger partial charge in [-0.25, -0.2) is 19.2 Å². The van der Waals surface area contributed by atoms with Crippen molar-refractivity contribution in [3.63, 3.8) is 0 Å². The number of rotatable bonds is 27. The molecular formula is C60H74N6O14. The summed E-state index contributed by atoms with van der Waals surface area (Å²) in [4.78, 5) is 146. The van der Waals surface area contributed by atoms with E-state index in [2.05, 4.69) is 16.0 Å². The molecule has 5 rings (SSSR count). The first-order valence-corrected chi connectivity index (χ1v) is 26.9. The monoisotopic (exact) mass is 1100 g/mol. The highest BCUT2D eigenvalue weighted by atomic mass is 16.7. The van der Waals surface area contributed by atoms with Crippen molar-refractivity contribution in [2.75, 3.05) is 39.8 Å². The number of Topliss-reactive ketones (excluding diaryl/α,β-unsaturated/α-hetero) is 2. The fourth-order valence-electron chi connectivity index (χ4n) is 8.97.